The minimum atomic E-state index is -0.167. The lowest BCUT2D eigenvalue weighted by atomic mass is 10.2. The zero-order chi connectivity index (χ0) is 17.8. The Balaban J connectivity index is 1.51. The monoisotopic (exact) mass is 343 g/mol. The predicted octanol–water partition coefficient (Wildman–Crippen LogP) is 1.42. The summed E-state index contributed by atoms with van der Waals surface area (Å²) < 4.78 is 10.5. The highest BCUT2D eigenvalue weighted by Crippen LogP contribution is 2.32. The molecule has 2 heterocycles. The maximum Gasteiger partial charge on any atom is 0.251 e. The number of aryl methyl sites for hydroxylation is 1. The third-order valence-electron chi connectivity index (χ3n) is 3.63. The molecule has 8 heteroatoms. The molecule has 2 N–H and O–H groups in total. The number of anilines is 2. The first kappa shape index (κ1) is 16.8. The van der Waals surface area contributed by atoms with Crippen molar-refractivity contribution in [2.24, 2.45) is 0 Å². The fourth-order valence-corrected chi connectivity index (χ4v) is 2.35. The third-order valence-corrected chi connectivity index (χ3v) is 3.63. The lowest BCUT2D eigenvalue weighted by Gasteiger charge is -2.14. The summed E-state index contributed by atoms with van der Waals surface area (Å²) in [6.45, 7) is 3.07. The normalized spacial score (nSPS) is 12.0. The molecule has 1 aliphatic rings. The van der Waals surface area contributed by atoms with Gasteiger partial charge in [-0.25, -0.2) is 4.98 Å². The molecule has 0 saturated heterocycles. The van der Waals surface area contributed by atoms with Crippen molar-refractivity contribution in [1.29, 1.82) is 0 Å². The molecule has 2 aromatic rings. The number of aromatic nitrogens is 2. The molecule has 3 rings (SSSR count). The summed E-state index contributed by atoms with van der Waals surface area (Å²) in [5.74, 6) is 2.46. The smallest absolute Gasteiger partial charge is 0.251 e. The largest absolute Gasteiger partial charge is 0.454 e. The van der Waals surface area contributed by atoms with Crippen molar-refractivity contribution >= 4 is 17.7 Å². The van der Waals surface area contributed by atoms with Crippen molar-refractivity contribution in [2.75, 3.05) is 44.2 Å². The summed E-state index contributed by atoms with van der Waals surface area (Å²) in [6, 6.07) is 7.03. The Kier molecular flexibility index (Phi) is 4.87. The Hall–Kier alpha value is -3.03. The Morgan fingerprint density at radius 1 is 1.16 bits per heavy atom. The van der Waals surface area contributed by atoms with Crippen molar-refractivity contribution in [3.05, 3.63) is 35.5 Å². The van der Waals surface area contributed by atoms with Crippen molar-refractivity contribution in [2.45, 2.75) is 6.92 Å². The van der Waals surface area contributed by atoms with Crippen LogP contribution in [0.3, 0.4) is 0 Å². The van der Waals surface area contributed by atoms with Crippen molar-refractivity contribution in [1.82, 2.24) is 15.3 Å². The number of nitrogens with zero attached hydrogens (tertiary/aromatic N) is 3. The van der Waals surface area contributed by atoms with Gasteiger partial charge < -0.3 is 25.0 Å². The van der Waals surface area contributed by atoms with E-state index in [9.17, 15) is 4.79 Å². The van der Waals surface area contributed by atoms with Gasteiger partial charge >= 0.3 is 0 Å². The van der Waals surface area contributed by atoms with Crippen molar-refractivity contribution in [3.63, 3.8) is 0 Å². The van der Waals surface area contributed by atoms with Gasteiger partial charge in [-0.15, -0.1) is 0 Å². The third kappa shape index (κ3) is 4.09. The number of hydrogen-bond acceptors (Lipinski definition) is 7. The number of benzene rings is 1. The van der Waals surface area contributed by atoms with Crippen LogP contribution < -0.4 is 25.0 Å². The first-order valence-electron chi connectivity index (χ1n) is 7.97. The molecule has 0 saturated carbocycles. The summed E-state index contributed by atoms with van der Waals surface area (Å²) in [5, 5.41) is 5.97. The van der Waals surface area contributed by atoms with Crippen LogP contribution >= 0.6 is 0 Å². The topological polar surface area (TPSA) is 88.6 Å². The molecule has 1 amide bonds. The van der Waals surface area contributed by atoms with E-state index in [0.717, 1.165) is 11.5 Å². The zero-order valence-corrected chi connectivity index (χ0v) is 14.5. The first-order chi connectivity index (χ1) is 12.0. The van der Waals surface area contributed by atoms with Gasteiger partial charge in [0.25, 0.3) is 5.91 Å². The summed E-state index contributed by atoms with van der Waals surface area (Å²) in [7, 11) is 3.86. The predicted molar refractivity (Wildman–Crippen MR) is 94.5 cm³/mol. The Labute approximate surface area is 146 Å². The molecular formula is C17H21N5O3. The summed E-state index contributed by atoms with van der Waals surface area (Å²) in [5.41, 5.74) is 1.41. The SMILES string of the molecule is Cc1cc(N(C)C)nc(NCCNC(=O)c2ccc3c(c2)OCO3)n1. The number of ether oxygens (including phenoxy) is 2. The number of carbonyl (C=O) groups excluding carboxylic acids is 1. The second-order valence-electron chi connectivity index (χ2n) is 5.84. The molecule has 1 aromatic carbocycles. The molecule has 0 fully saturated rings. The standard InChI is InChI=1S/C17H21N5O3/c1-11-8-15(22(2)3)21-17(20-11)19-7-6-18-16(23)12-4-5-13-14(9-12)25-10-24-13/h4-5,8-9H,6-7,10H2,1-3H3,(H,18,23)(H,19,20,21). The number of carbonyl (C=O) groups is 1. The van der Waals surface area contributed by atoms with Gasteiger partial charge in [-0.05, 0) is 25.1 Å². The van der Waals surface area contributed by atoms with Crippen LogP contribution in [-0.2, 0) is 0 Å². The highest BCUT2D eigenvalue weighted by Gasteiger charge is 2.15. The average molecular weight is 343 g/mol. The van der Waals surface area contributed by atoms with E-state index in [1.54, 1.807) is 18.2 Å². The van der Waals surface area contributed by atoms with Crippen LogP contribution in [0, 0.1) is 6.92 Å². The van der Waals surface area contributed by atoms with Crippen LogP contribution in [0.1, 0.15) is 16.1 Å². The van der Waals surface area contributed by atoms with Crippen molar-refractivity contribution in [3.8, 4) is 11.5 Å². The maximum atomic E-state index is 12.2. The van der Waals surface area contributed by atoms with E-state index in [-0.39, 0.29) is 12.7 Å². The van der Waals surface area contributed by atoms with Crippen LogP contribution in [0.5, 0.6) is 11.5 Å². The van der Waals surface area contributed by atoms with Crippen LogP contribution in [0.15, 0.2) is 24.3 Å². The van der Waals surface area contributed by atoms with E-state index in [0.29, 0.717) is 36.1 Å². The zero-order valence-electron chi connectivity index (χ0n) is 14.5. The molecule has 1 aromatic heterocycles. The highest BCUT2D eigenvalue weighted by molar-refractivity contribution is 5.94. The molecule has 0 atom stereocenters. The van der Waals surface area contributed by atoms with E-state index in [1.165, 1.54) is 0 Å². The van der Waals surface area contributed by atoms with E-state index in [1.807, 2.05) is 32.0 Å². The fraction of sp³-hybridized carbons (Fsp3) is 0.353. The molecule has 132 valence electrons. The minimum Gasteiger partial charge on any atom is -0.454 e. The molecule has 1 aliphatic heterocycles. The molecule has 0 radical (unpaired) electrons. The molecule has 8 nitrogen and oxygen atoms in total. The van der Waals surface area contributed by atoms with Gasteiger partial charge in [-0.1, -0.05) is 0 Å². The molecule has 0 bridgehead atoms. The Morgan fingerprint density at radius 2 is 1.96 bits per heavy atom. The van der Waals surface area contributed by atoms with Crippen LogP contribution in [-0.4, -0.2) is 49.9 Å². The van der Waals surface area contributed by atoms with Gasteiger partial charge in [-0.2, -0.15) is 4.98 Å². The average Bonchev–Trinajstić information content (AvgIpc) is 3.05. The van der Waals surface area contributed by atoms with Gasteiger partial charge in [0.2, 0.25) is 12.7 Å². The number of fused-ring (bicyclic) bond motifs is 1. The first-order valence-corrected chi connectivity index (χ1v) is 7.97. The van der Waals surface area contributed by atoms with E-state index in [4.69, 9.17) is 9.47 Å². The second kappa shape index (κ2) is 7.25. The van der Waals surface area contributed by atoms with Crippen LogP contribution in [0.2, 0.25) is 0 Å². The molecule has 0 spiro atoms. The van der Waals surface area contributed by atoms with Gasteiger partial charge in [0, 0.05) is 44.5 Å². The van der Waals surface area contributed by atoms with Gasteiger partial charge in [0.05, 0.1) is 0 Å². The molecule has 25 heavy (non-hydrogen) atoms. The van der Waals surface area contributed by atoms with E-state index in [2.05, 4.69) is 20.6 Å². The summed E-state index contributed by atoms with van der Waals surface area (Å²) >= 11 is 0. The van der Waals surface area contributed by atoms with E-state index >= 15 is 0 Å². The summed E-state index contributed by atoms with van der Waals surface area (Å²) in [4.78, 5) is 22.8. The number of rotatable bonds is 6. The van der Waals surface area contributed by atoms with Gasteiger partial charge in [0.1, 0.15) is 5.82 Å². The Bertz CT molecular complexity index is 779. The highest BCUT2D eigenvalue weighted by atomic mass is 16.7. The van der Waals surface area contributed by atoms with Crippen LogP contribution in [0.25, 0.3) is 0 Å². The quantitative estimate of drug-likeness (QED) is 0.767. The molecule has 0 aliphatic carbocycles. The lowest BCUT2D eigenvalue weighted by molar-refractivity contribution is 0.0954. The molecule has 0 unspecified atom stereocenters. The number of hydrogen-bond donors (Lipinski definition) is 2. The molecular weight excluding hydrogens is 322 g/mol. The van der Waals surface area contributed by atoms with Gasteiger partial charge in [0.15, 0.2) is 11.5 Å². The van der Waals surface area contributed by atoms with Crippen molar-refractivity contribution < 1.29 is 14.3 Å². The van der Waals surface area contributed by atoms with E-state index < -0.39 is 0 Å². The summed E-state index contributed by atoms with van der Waals surface area (Å²) in [6.07, 6.45) is 0. The fourth-order valence-electron chi connectivity index (χ4n) is 2.35. The minimum absolute atomic E-state index is 0.167. The van der Waals surface area contributed by atoms with Crippen LogP contribution in [0.4, 0.5) is 11.8 Å². The Morgan fingerprint density at radius 3 is 2.76 bits per heavy atom. The maximum absolute atomic E-state index is 12.2. The number of amides is 1. The van der Waals surface area contributed by atoms with Gasteiger partial charge in [-0.3, -0.25) is 4.79 Å². The lowest BCUT2D eigenvalue weighted by Crippen LogP contribution is -2.29. The number of nitrogens with one attached hydrogen (secondary N) is 2. The second-order valence-corrected chi connectivity index (χ2v) is 5.84.